The smallest absolute Gasteiger partial charge is 0.251 e. The summed E-state index contributed by atoms with van der Waals surface area (Å²) in [5.74, 6) is 0.555. The molecule has 1 atom stereocenters. The molecule has 1 heterocycles. The lowest BCUT2D eigenvalue weighted by molar-refractivity contribution is 0.0946. The van der Waals surface area contributed by atoms with Gasteiger partial charge >= 0.3 is 0 Å². The average Bonchev–Trinajstić information content (AvgIpc) is 2.91. The first-order valence-electron chi connectivity index (χ1n) is 6.94. The lowest BCUT2D eigenvalue weighted by atomic mass is 10.1. The number of amides is 1. The van der Waals surface area contributed by atoms with E-state index in [2.05, 4.69) is 26.1 Å². The van der Waals surface area contributed by atoms with Crippen molar-refractivity contribution in [3.8, 4) is 0 Å². The van der Waals surface area contributed by atoms with Gasteiger partial charge in [-0.1, -0.05) is 15.9 Å². The summed E-state index contributed by atoms with van der Waals surface area (Å²) in [7, 11) is 1.73. The molecular weight excluding hydrogens is 320 g/mol. The minimum absolute atomic E-state index is 0.00726. The van der Waals surface area contributed by atoms with Gasteiger partial charge in [-0.2, -0.15) is 0 Å². The Morgan fingerprint density at radius 1 is 1.45 bits per heavy atom. The second kappa shape index (κ2) is 7.76. The molecule has 1 aromatic rings. The summed E-state index contributed by atoms with van der Waals surface area (Å²) >= 11 is 3.37. The van der Waals surface area contributed by atoms with Crippen molar-refractivity contribution in [2.45, 2.75) is 6.42 Å². The van der Waals surface area contributed by atoms with Crippen LogP contribution < -0.4 is 5.32 Å². The molecule has 0 aromatic heterocycles. The standard InChI is InChI=1S/C15H21BrN2O2/c1-20-9-8-18-7-6-12(11-18)10-17-15(19)13-2-4-14(16)5-3-13/h2-5,12H,6-11H2,1H3,(H,17,19). The number of methoxy groups -OCH3 is 1. The lowest BCUT2D eigenvalue weighted by Crippen LogP contribution is -2.31. The van der Waals surface area contributed by atoms with E-state index in [9.17, 15) is 4.79 Å². The van der Waals surface area contributed by atoms with Gasteiger partial charge < -0.3 is 15.0 Å². The van der Waals surface area contributed by atoms with E-state index in [0.29, 0.717) is 11.5 Å². The van der Waals surface area contributed by atoms with Gasteiger partial charge in [-0.05, 0) is 43.1 Å². The van der Waals surface area contributed by atoms with Crippen LogP contribution in [0.2, 0.25) is 0 Å². The van der Waals surface area contributed by atoms with E-state index >= 15 is 0 Å². The predicted octanol–water partition coefficient (Wildman–Crippen LogP) is 2.15. The van der Waals surface area contributed by atoms with Crippen molar-refractivity contribution in [3.05, 3.63) is 34.3 Å². The Kier molecular flexibility index (Phi) is 6.01. The zero-order valence-corrected chi connectivity index (χ0v) is 13.4. The van der Waals surface area contributed by atoms with Crippen molar-refractivity contribution in [3.63, 3.8) is 0 Å². The molecule has 1 aliphatic heterocycles. The molecule has 0 bridgehead atoms. The maximum atomic E-state index is 12.0. The van der Waals surface area contributed by atoms with Gasteiger partial charge in [0.1, 0.15) is 0 Å². The quantitative estimate of drug-likeness (QED) is 0.862. The van der Waals surface area contributed by atoms with Gasteiger partial charge in [0, 0.05) is 36.8 Å². The first-order valence-corrected chi connectivity index (χ1v) is 7.73. The largest absolute Gasteiger partial charge is 0.383 e. The summed E-state index contributed by atoms with van der Waals surface area (Å²) in [5.41, 5.74) is 0.711. The molecule has 1 fully saturated rings. The van der Waals surface area contributed by atoms with Crippen molar-refractivity contribution < 1.29 is 9.53 Å². The highest BCUT2D eigenvalue weighted by molar-refractivity contribution is 9.10. The highest BCUT2D eigenvalue weighted by atomic mass is 79.9. The van der Waals surface area contributed by atoms with Gasteiger partial charge in [0.2, 0.25) is 0 Å². The van der Waals surface area contributed by atoms with Crippen molar-refractivity contribution in [1.29, 1.82) is 0 Å². The summed E-state index contributed by atoms with van der Waals surface area (Å²) in [5, 5.41) is 3.02. The molecule has 1 N–H and O–H groups in total. The number of hydrogen-bond donors (Lipinski definition) is 1. The summed E-state index contributed by atoms with van der Waals surface area (Å²) in [6, 6.07) is 7.44. The molecule has 1 saturated heterocycles. The number of carbonyl (C=O) groups is 1. The Hall–Kier alpha value is -0.910. The Labute approximate surface area is 128 Å². The second-order valence-corrected chi connectivity index (χ2v) is 6.08. The van der Waals surface area contributed by atoms with Crippen LogP contribution in [0.15, 0.2) is 28.7 Å². The summed E-state index contributed by atoms with van der Waals surface area (Å²) < 4.78 is 6.07. The summed E-state index contributed by atoms with van der Waals surface area (Å²) in [6.07, 6.45) is 1.14. The van der Waals surface area contributed by atoms with E-state index < -0.39 is 0 Å². The van der Waals surface area contributed by atoms with Crippen LogP contribution in [0, 0.1) is 5.92 Å². The SMILES string of the molecule is COCCN1CCC(CNC(=O)c2ccc(Br)cc2)C1. The molecule has 20 heavy (non-hydrogen) atoms. The number of likely N-dealkylation sites (tertiary alicyclic amines) is 1. The average molecular weight is 341 g/mol. The molecule has 0 saturated carbocycles. The van der Waals surface area contributed by atoms with E-state index in [1.54, 1.807) is 7.11 Å². The fourth-order valence-electron chi connectivity index (χ4n) is 2.44. The fraction of sp³-hybridized carbons (Fsp3) is 0.533. The topological polar surface area (TPSA) is 41.6 Å². The molecule has 1 amide bonds. The van der Waals surface area contributed by atoms with Gasteiger partial charge in [-0.25, -0.2) is 0 Å². The van der Waals surface area contributed by atoms with Crippen LogP contribution in [0.25, 0.3) is 0 Å². The first kappa shape index (κ1) is 15.5. The number of hydrogen-bond acceptors (Lipinski definition) is 3. The van der Waals surface area contributed by atoms with Crippen molar-refractivity contribution in [2.75, 3.05) is 39.9 Å². The van der Waals surface area contributed by atoms with Crippen LogP contribution in [0.1, 0.15) is 16.8 Å². The molecule has 1 aliphatic rings. The Morgan fingerprint density at radius 3 is 2.90 bits per heavy atom. The maximum Gasteiger partial charge on any atom is 0.251 e. The molecule has 2 rings (SSSR count). The monoisotopic (exact) mass is 340 g/mol. The highest BCUT2D eigenvalue weighted by Gasteiger charge is 2.22. The molecule has 0 aliphatic carbocycles. The van der Waals surface area contributed by atoms with E-state index in [1.807, 2.05) is 24.3 Å². The van der Waals surface area contributed by atoms with Crippen molar-refractivity contribution in [2.24, 2.45) is 5.92 Å². The predicted molar refractivity (Wildman–Crippen MR) is 82.9 cm³/mol. The molecule has 110 valence electrons. The number of nitrogens with zero attached hydrogens (tertiary/aromatic N) is 1. The van der Waals surface area contributed by atoms with Gasteiger partial charge in [-0.15, -0.1) is 0 Å². The van der Waals surface area contributed by atoms with E-state index in [4.69, 9.17) is 4.74 Å². The van der Waals surface area contributed by atoms with E-state index in [0.717, 1.165) is 43.7 Å². The summed E-state index contributed by atoms with van der Waals surface area (Å²) in [4.78, 5) is 14.4. The molecule has 0 radical (unpaired) electrons. The van der Waals surface area contributed by atoms with Crippen LogP contribution in [-0.2, 0) is 4.74 Å². The van der Waals surface area contributed by atoms with Gasteiger partial charge in [0.25, 0.3) is 5.91 Å². The normalized spacial score (nSPS) is 19.2. The van der Waals surface area contributed by atoms with Gasteiger partial charge in [0.15, 0.2) is 0 Å². The molecule has 0 spiro atoms. The number of carbonyl (C=O) groups excluding carboxylic acids is 1. The number of nitrogens with one attached hydrogen (secondary N) is 1. The number of benzene rings is 1. The van der Waals surface area contributed by atoms with Crippen LogP contribution in [0.3, 0.4) is 0 Å². The minimum atomic E-state index is 0.00726. The Morgan fingerprint density at radius 2 is 2.20 bits per heavy atom. The lowest BCUT2D eigenvalue weighted by Gasteiger charge is -2.15. The molecule has 1 aromatic carbocycles. The maximum absolute atomic E-state index is 12.0. The van der Waals surface area contributed by atoms with E-state index in [1.165, 1.54) is 0 Å². The van der Waals surface area contributed by atoms with Crippen LogP contribution in [-0.4, -0.2) is 50.7 Å². The van der Waals surface area contributed by atoms with Crippen molar-refractivity contribution >= 4 is 21.8 Å². The number of rotatable bonds is 6. The van der Waals surface area contributed by atoms with E-state index in [-0.39, 0.29) is 5.91 Å². The van der Waals surface area contributed by atoms with Crippen molar-refractivity contribution in [1.82, 2.24) is 10.2 Å². The fourth-order valence-corrected chi connectivity index (χ4v) is 2.71. The van der Waals surface area contributed by atoms with Gasteiger partial charge in [-0.3, -0.25) is 4.79 Å². The molecular formula is C15H21BrN2O2. The van der Waals surface area contributed by atoms with Crippen LogP contribution >= 0.6 is 15.9 Å². The number of ether oxygens (including phenoxy) is 1. The van der Waals surface area contributed by atoms with Gasteiger partial charge in [0.05, 0.1) is 6.61 Å². The second-order valence-electron chi connectivity index (χ2n) is 5.17. The Balaban J connectivity index is 1.73. The third-order valence-corrected chi connectivity index (χ3v) is 4.17. The molecule has 4 nitrogen and oxygen atoms in total. The highest BCUT2D eigenvalue weighted by Crippen LogP contribution is 2.15. The first-order chi connectivity index (χ1) is 9.69. The zero-order chi connectivity index (χ0) is 14.4. The Bertz CT molecular complexity index is 436. The van der Waals surface area contributed by atoms with Crippen LogP contribution in [0.5, 0.6) is 0 Å². The van der Waals surface area contributed by atoms with Crippen LogP contribution in [0.4, 0.5) is 0 Å². The minimum Gasteiger partial charge on any atom is -0.383 e. The molecule has 5 heteroatoms. The third kappa shape index (κ3) is 4.58. The number of halogens is 1. The molecule has 1 unspecified atom stereocenters. The third-order valence-electron chi connectivity index (χ3n) is 3.64. The zero-order valence-electron chi connectivity index (χ0n) is 11.8. The summed E-state index contributed by atoms with van der Waals surface area (Å²) in [6.45, 7) is 4.65.